The van der Waals surface area contributed by atoms with Gasteiger partial charge in [-0.05, 0) is 19.3 Å². The zero-order valence-electron chi connectivity index (χ0n) is 16.3. The predicted octanol–water partition coefficient (Wildman–Crippen LogP) is 2.51. The second-order valence-corrected chi connectivity index (χ2v) is 8.14. The van der Waals surface area contributed by atoms with Crippen LogP contribution in [0.3, 0.4) is 0 Å². The van der Waals surface area contributed by atoms with Crippen LogP contribution in [0.2, 0.25) is 0 Å². The highest BCUT2D eigenvalue weighted by Gasteiger charge is 2.64. The van der Waals surface area contributed by atoms with E-state index in [1.165, 1.54) is 7.11 Å². The molecule has 1 N–H and O–H groups in total. The summed E-state index contributed by atoms with van der Waals surface area (Å²) in [5, 5.41) is 10.5. The third-order valence-corrected chi connectivity index (χ3v) is 6.46. The van der Waals surface area contributed by atoms with E-state index in [-0.39, 0.29) is 17.8 Å². The first-order valence-corrected chi connectivity index (χ1v) is 9.16. The van der Waals surface area contributed by atoms with Crippen LogP contribution < -0.4 is 0 Å². The highest BCUT2D eigenvalue weighted by molar-refractivity contribution is 5.93. The minimum Gasteiger partial charge on any atom is -0.456 e. The van der Waals surface area contributed by atoms with Gasteiger partial charge in [0.15, 0.2) is 0 Å². The van der Waals surface area contributed by atoms with Gasteiger partial charge < -0.3 is 19.3 Å². The van der Waals surface area contributed by atoms with Gasteiger partial charge in [-0.25, -0.2) is 4.79 Å². The van der Waals surface area contributed by atoms with Gasteiger partial charge in [-0.3, -0.25) is 4.79 Å². The third kappa shape index (κ3) is 2.46. The number of aliphatic hydroxyl groups excluding tert-OH is 1. The lowest BCUT2D eigenvalue weighted by Gasteiger charge is -2.54. The van der Waals surface area contributed by atoms with Gasteiger partial charge in [0.25, 0.3) is 0 Å². The number of hydrogen-bond donors (Lipinski definition) is 1. The summed E-state index contributed by atoms with van der Waals surface area (Å²) >= 11 is 0. The molecule has 0 amide bonds. The summed E-state index contributed by atoms with van der Waals surface area (Å²) in [5.41, 5.74) is 1.35. The normalized spacial score (nSPS) is 39.3. The average Bonchev–Trinajstić information content (AvgIpc) is 2.84. The van der Waals surface area contributed by atoms with Gasteiger partial charge in [-0.2, -0.15) is 0 Å². The van der Waals surface area contributed by atoms with Crippen molar-refractivity contribution in [3.05, 3.63) is 22.8 Å². The van der Waals surface area contributed by atoms with Gasteiger partial charge >= 0.3 is 11.9 Å². The highest BCUT2D eigenvalue weighted by atomic mass is 16.7. The summed E-state index contributed by atoms with van der Waals surface area (Å²) in [5.74, 6) is -2.51. The largest absolute Gasteiger partial charge is 0.456 e. The number of rotatable bonds is 3. The molecule has 3 rings (SSSR count). The van der Waals surface area contributed by atoms with Crippen LogP contribution in [0, 0.1) is 17.3 Å². The molecule has 0 bridgehead atoms. The highest BCUT2D eigenvalue weighted by Crippen LogP contribution is 2.59. The number of ether oxygens (including phenoxy) is 3. The summed E-state index contributed by atoms with van der Waals surface area (Å²) in [6.07, 6.45) is 1.60. The molecule has 1 saturated carbocycles. The van der Waals surface area contributed by atoms with Crippen LogP contribution in [0.4, 0.5) is 0 Å². The molecule has 0 unspecified atom stereocenters. The van der Waals surface area contributed by atoms with Gasteiger partial charge in [-0.1, -0.05) is 39.3 Å². The molecule has 1 heterocycles. The fourth-order valence-electron chi connectivity index (χ4n) is 4.46. The minimum absolute atomic E-state index is 0.154. The molecule has 3 aliphatic rings. The Hall–Kier alpha value is -1.66. The number of hydrogen-bond acceptors (Lipinski definition) is 6. The summed E-state index contributed by atoms with van der Waals surface area (Å²) in [6.45, 7) is 9.17. The molecule has 1 fully saturated rings. The van der Waals surface area contributed by atoms with Crippen molar-refractivity contribution in [3.8, 4) is 0 Å². The number of esters is 2. The van der Waals surface area contributed by atoms with Crippen molar-refractivity contribution in [1.82, 2.24) is 0 Å². The van der Waals surface area contributed by atoms with Crippen LogP contribution in [0.5, 0.6) is 0 Å². The maximum atomic E-state index is 12.5. The van der Waals surface area contributed by atoms with Crippen molar-refractivity contribution in [2.45, 2.75) is 65.5 Å². The van der Waals surface area contributed by atoms with Gasteiger partial charge in [0, 0.05) is 24.5 Å². The van der Waals surface area contributed by atoms with Gasteiger partial charge in [0.05, 0.1) is 17.6 Å². The Balaban J connectivity index is 2.21. The summed E-state index contributed by atoms with van der Waals surface area (Å²) in [4.78, 5) is 24.8. The van der Waals surface area contributed by atoms with E-state index in [4.69, 9.17) is 14.2 Å². The molecule has 6 nitrogen and oxygen atoms in total. The molecule has 0 saturated heterocycles. The van der Waals surface area contributed by atoms with Crippen molar-refractivity contribution in [2.75, 3.05) is 7.11 Å². The molecule has 0 spiro atoms. The standard InChI is InChI=1S/C20H28O6/c1-10(2)17(22)25-16-15-11(3)18(23)26-20(15,24-6)9-13-7-8-14(21)12(4)19(13,16)5/h7,10,12,14,16,21H,8-9H2,1-6H3/t12-,14-,16+,19+,20+/m0/s1. The second-order valence-electron chi connectivity index (χ2n) is 8.14. The number of carbonyl (C=O) groups excluding carboxylic acids is 2. The van der Waals surface area contributed by atoms with Crippen LogP contribution in [-0.2, 0) is 23.8 Å². The molecule has 0 aromatic carbocycles. The van der Waals surface area contributed by atoms with Crippen molar-refractivity contribution >= 4 is 11.9 Å². The Morgan fingerprint density at radius 3 is 2.65 bits per heavy atom. The van der Waals surface area contributed by atoms with Crippen LogP contribution >= 0.6 is 0 Å². The van der Waals surface area contributed by atoms with E-state index in [9.17, 15) is 14.7 Å². The summed E-state index contributed by atoms with van der Waals surface area (Å²) in [6, 6.07) is 0. The Labute approximate surface area is 154 Å². The van der Waals surface area contributed by atoms with E-state index in [0.717, 1.165) is 5.57 Å². The van der Waals surface area contributed by atoms with Gasteiger partial charge in [0.1, 0.15) is 6.10 Å². The van der Waals surface area contributed by atoms with Crippen molar-refractivity contribution in [3.63, 3.8) is 0 Å². The lowest BCUT2D eigenvalue weighted by atomic mass is 9.55. The minimum atomic E-state index is -1.24. The molecule has 5 atom stereocenters. The Morgan fingerprint density at radius 1 is 1.42 bits per heavy atom. The monoisotopic (exact) mass is 364 g/mol. The van der Waals surface area contributed by atoms with E-state index in [2.05, 4.69) is 0 Å². The number of fused-ring (bicyclic) bond motifs is 2. The zero-order valence-corrected chi connectivity index (χ0v) is 16.3. The van der Waals surface area contributed by atoms with Gasteiger partial charge in [-0.15, -0.1) is 0 Å². The Morgan fingerprint density at radius 2 is 2.08 bits per heavy atom. The van der Waals surface area contributed by atoms with Crippen LogP contribution in [0.15, 0.2) is 22.8 Å². The Kier molecular flexibility index (Phi) is 4.56. The average molecular weight is 364 g/mol. The molecule has 6 heteroatoms. The molecule has 144 valence electrons. The number of aliphatic hydroxyl groups is 1. The first kappa shape index (κ1) is 19.1. The van der Waals surface area contributed by atoms with Crippen molar-refractivity contribution in [1.29, 1.82) is 0 Å². The summed E-state index contributed by atoms with van der Waals surface area (Å²) in [7, 11) is 1.50. The quantitative estimate of drug-likeness (QED) is 0.612. The lowest BCUT2D eigenvalue weighted by molar-refractivity contribution is -0.212. The first-order valence-electron chi connectivity index (χ1n) is 9.16. The molecule has 0 aromatic heterocycles. The van der Waals surface area contributed by atoms with Crippen molar-refractivity contribution < 1.29 is 28.9 Å². The molecule has 1 aliphatic heterocycles. The number of methoxy groups -OCH3 is 1. The maximum Gasteiger partial charge on any atom is 0.336 e. The van der Waals surface area contributed by atoms with Gasteiger partial charge in [0.2, 0.25) is 5.79 Å². The molecular weight excluding hydrogens is 336 g/mol. The fourth-order valence-corrected chi connectivity index (χ4v) is 4.46. The SMILES string of the molecule is CO[C@@]12CC3=CC[C@H](O)[C@H](C)[C@@]3(C)[C@H](OC(=O)C(C)C)C1=C(C)C(=O)O2. The van der Waals surface area contributed by atoms with E-state index in [0.29, 0.717) is 24.0 Å². The molecule has 2 aliphatic carbocycles. The Bertz CT molecular complexity index is 705. The number of carbonyl (C=O) groups is 2. The summed E-state index contributed by atoms with van der Waals surface area (Å²) < 4.78 is 17.2. The van der Waals surface area contributed by atoms with E-state index in [1.807, 2.05) is 19.9 Å². The lowest BCUT2D eigenvalue weighted by Crippen LogP contribution is -2.58. The fraction of sp³-hybridized carbons (Fsp3) is 0.700. The topological polar surface area (TPSA) is 82.1 Å². The zero-order chi connectivity index (χ0) is 19.4. The maximum absolute atomic E-state index is 12.5. The smallest absolute Gasteiger partial charge is 0.336 e. The molecule has 0 aromatic rings. The van der Waals surface area contributed by atoms with E-state index < -0.39 is 29.4 Å². The molecule has 26 heavy (non-hydrogen) atoms. The van der Waals surface area contributed by atoms with Crippen LogP contribution in [0.25, 0.3) is 0 Å². The second kappa shape index (κ2) is 6.20. The van der Waals surface area contributed by atoms with E-state index in [1.54, 1.807) is 20.8 Å². The van der Waals surface area contributed by atoms with E-state index >= 15 is 0 Å². The third-order valence-electron chi connectivity index (χ3n) is 6.46. The van der Waals surface area contributed by atoms with Crippen LogP contribution in [0.1, 0.15) is 47.5 Å². The van der Waals surface area contributed by atoms with Crippen molar-refractivity contribution in [2.24, 2.45) is 17.3 Å². The molecular formula is C20H28O6. The van der Waals surface area contributed by atoms with Crippen LogP contribution in [-0.4, -0.2) is 42.1 Å². The first-order chi connectivity index (χ1) is 12.1. The predicted molar refractivity (Wildman–Crippen MR) is 93.8 cm³/mol. The molecule has 0 radical (unpaired) electrons.